The van der Waals surface area contributed by atoms with E-state index in [2.05, 4.69) is 10.3 Å². The van der Waals surface area contributed by atoms with Gasteiger partial charge in [0.2, 0.25) is 5.91 Å². The Bertz CT molecular complexity index is 692. The van der Waals surface area contributed by atoms with Crippen molar-refractivity contribution < 1.29 is 14.7 Å². The first-order valence-electron chi connectivity index (χ1n) is 6.26. The van der Waals surface area contributed by atoms with E-state index in [1.165, 1.54) is 17.4 Å². The summed E-state index contributed by atoms with van der Waals surface area (Å²) in [5, 5.41) is 13.5. The molecule has 8 heteroatoms. The normalized spacial score (nSPS) is 12.9. The lowest BCUT2D eigenvalue weighted by Gasteiger charge is -2.08. The average molecular weight is 328 g/mol. The fraction of sp³-hybridized carbons (Fsp3) is 0.308. The number of hydrogen-bond donors (Lipinski definition) is 2. The molecule has 2 heterocycles. The van der Waals surface area contributed by atoms with E-state index in [9.17, 15) is 9.59 Å². The van der Waals surface area contributed by atoms with Gasteiger partial charge in [0.25, 0.3) is 0 Å². The Morgan fingerprint density at radius 2 is 2.38 bits per heavy atom. The zero-order valence-corrected chi connectivity index (χ0v) is 12.8. The summed E-state index contributed by atoms with van der Waals surface area (Å²) in [5.41, 5.74) is 0.640. The molecule has 1 atom stereocenters. The van der Waals surface area contributed by atoms with Crippen LogP contribution in [0.2, 0.25) is 5.15 Å². The topological polar surface area (TPSA) is 83.7 Å². The summed E-state index contributed by atoms with van der Waals surface area (Å²) in [6.07, 6.45) is 4.80. The standard InChI is InChI=1S/C13H14ClN3O3S/c1-8(6-11(19)20)7-15-10(18)3-2-9-12(14)16-13-17(9)4-5-21-13/h2-5,8H,6-7H2,1H3,(H,15,18)(H,19,20)/b3-2+. The minimum Gasteiger partial charge on any atom is -0.481 e. The van der Waals surface area contributed by atoms with Crippen molar-refractivity contribution in [1.29, 1.82) is 0 Å². The highest BCUT2D eigenvalue weighted by Crippen LogP contribution is 2.22. The molecule has 0 spiro atoms. The molecule has 0 aromatic carbocycles. The quantitative estimate of drug-likeness (QED) is 0.797. The van der Waals surface area contributed by atoms with Gasteiger partial charge in [-0.15, -0.1) is 11.3 Å². The second kappa shape index (κ2) is 6.73. The zero-order valence-electron chi connectivity index (χ0n) is 11.2. The third kappa shape index (κ3) is 4.05. The summed E-state index contributed by atoms with van der Waals surface area (Å²) in [6.45, 7) is 2.07. The predicted octanol–water partition coefficient (Wildman–Crippen LogP) is 2.29. The molecule has 6 nitrogen and oxygen atoms in total. The Hall–Kier alpha value is -1.86. The van der Waals surface area contributed by atoms with Crippen LogP contribution in [0.5, 0.6) is 0 Å². The number of imidazole rings is 1. The van der Waals surface area contributed by atoms with Crippen LogP contribution in [0.15, 0.2) is 17.7 Å². The zero-order chi connectivity index (χ0) is 15.4. The minimum atomic E-state index is -0.877. The number of aromatic nitrogens is 2. The van der Waals surface area contributed by atoms with Crippen LogP contribution in [-0.2, 0) is 9.59 Å². The van der Waals surface area contributed by atoms with Crippen molar-refractivity contribution in [1.82, 2.24) is 14.7 Å². The van der Waals surface area contributed by atoms with Crippen LogP contribution in [0.3, 0.4) is 0 Å². The number of carboxylic acids is 1. The average Bonchev–Trinajstić information content (AvgIpc) is 2.94. The molecule has 2 rings (SSSR count). The van der Waals surface area contributed by atoms with Gasteiger partial charge in [-0.2, -0.15) is 0 Å². The monoisotopic (exact) mass is 327 g/mol. The van der Waals surface area contributed by atoms with Gasteiger partial charge < -0.3 is 10.4 Å². The third-order valence-electron chi connectivity index (χ3n) is 2.79. The fourth-order valence-corrected chi connectivity index (χ4v) is 2.79. The first kappa shape index (κ1) is 15.5. The van der Waals surface area contributed by atoms with Crippen molar-refractivity contribution in [2.24, 2.45) is 5.92 Å². The van der Waals surface area contributed by atoms with Crippen molar-refractivity contribution in [3.8, 4) is 0 Å². The summed E-state index contributed by atoms with van der Waals surface area (Å²) < 4.78 is 1.80. The van der Waals surface area contributed by atoms with E-state index >= 15 is 0 Å². The number of aliphatic carboxylic acids is 1. The highest BCUT2D eigenvalue weighted by molar-refractivity contribution is 7.15. The lowest BCUT2D eigenvalue weighted by molar-refractivity contribution is -0.138. The maximum Gasteiger partial charge on any atom is 0.303 e. The Labute approximate surface area is 130 Å². The highest BCUT2D eigenvalue weighted by atomic mass is 35.5. The van der Waals surface area contributed by atoms with Crippen LogP contribution in [-0.4, -0.2) is 32.9 Å². The maximum absolute atomic E-state index is 11.7. The lowest BCUT2D eigenvalue weighted by atomic mass is 10.1. The largest absolute Gasteiger partial charge is 0.481 e. The van der Waals surface area contributed by atoms with Gasteiger partial charge in [0.15, 0.2) is 10.1 Å². The van der Waals surface area contributed by atoms with Crippen molar-refractivity contribution in [2.45, 2.75) is 13.3 Å². The van der Waals surface area contributed by atoms with Crippen LogP contribution in [0.25, 0.3) is 11.0 Å². The van der Waals surface area contributed by atoms with Gasteiger partial charge in [-0.25, -0.2) is 4.98 Å². The SMILES string of the molecule is CC(CNC(=O)/C=C/c1c(Cl)nc2sccn12)CC(=O)O. The molecule has 2 aromatic rings. The Kier molecular flexibility index (Phi) is 4.98. The van der Waals surface area contributed by atoms with E-state index in [-0.39, 0.29) is 18.2 Å². The number of amides is 1. The van der Waals surface area contributed by atoms with Gasteiger partial charge in [0, 0.05) is 30.6 Å². The number of hydrogen-bond acceptors (Lipinski definition) is 4. The first-order chi connectivity index (χ1) is 9.97. The first-order valence-corrected chi connectivity index (χ1v) is 7.52. The predicted molar refractivity (Wildman–Crippen MR) is 81.5 cm³/mol. The van der Waals surface area contributed by atoms with Crippen molar-refractivity contribution in [2.75, 3.05) is 6.54 Å². The summed E-state index contributed by atoms with van der Waals surface area (Å²) in [5.74, 6) is -1.30. The van der Waals surface area contributed by atoms with E-state index < -0.39 is 5.97 Å². The van der Waals surface area contributed by atoms with E-state index in [1.807, 2.05) is 11.6 Å². The molecule has 0 aliphatic rings. The molecule has 0 aliphatic heterocycles. The number of carbonyl (C=O) groups is 2. The molecule has 0 bridgehead atoms. The molecule has 1 amide bonds. The number of thiazole rings is 1. The minimum absolute atomic E-state index is 0.0218. The van der Waals surface area contributed by atoms with Gasteiger partial charge in [-0.1, -0.05) is 18.5 Å². The molecule has 0 fully saturated rings. The van der Waals surface area contributed by atoms with Gasteiger partial charge in [-0.05, 0) is 12.0 Å². The second-order valence-electron chi connectivity index (χ2n) is 4.62. The summed E-state index contributed by atoms with van der Waals surface area (Å²) in [7, 11) is 0. The second-order valence-corrected chi connectivity index (χ2v) is 5.86. The number of carboxylic acid groups (broad SMARTS) is 1. The van der Waals surface area contributed by atoms with E-state index in [0.717, 1.165) is 4.96 Å². The van der Waals surface area contributed by atoms with Crippen molar-refractivity contribution in [3.05, 3.63) is 28.5 Å². The number of nitrogens with zero attached hydrogens (tertiary/aromatic N) is 2. The molecule has 0 saturated carbocycles. The number of fused-ring (bicyclic) bond motifs is 1. The number of halogens is 1. The number of rotatable bonds is 6. The van der Waals surface area contributed by atoms with Crippen LogP contribution in [0, 0.1) is 5.92 Å². The van der Waals surface area contributed by atoms with Gasteiger partial charge in [-0.3, -0.25) is 14.0 Å². The molecular formula is C13H14ClN3O3S. The van der Waals surface area contributed by atoms with Crippen LogP contribution >= 0.6 is 22.9 Å². The number of carbonyl (C=O) groups excluding carboxylic acids is 1. The molecular weight excluding hydrogens is 314 g/mol. The van der Waals surface area contributed by atoms with Gasteiger partial charge in [0.05, 0.1) is 5.69 Å². The van der Waals surface area contributed by atoms with Crippen molar-refractivity contribution in [3.63, 3.8) is 0 Å². The van der Waals surface area contributed by atoms with Crippen molar-refractivity contribution >= 4 is 45.9 Å². The van der Waals surface area contributed by atoms with E-state index in [1.54, 1.807) is 17.4 Å². The molecule has 0 saturated heterocycles. The summed E-state index contributed by atoms with van der Waals surface area (Å²) in [6, 6.07) is 0. The van der Waals surface area contributed by atoms with E-state index in [4.69, 9.17) is 16.7 Å². The summed E-state index contributed by atoms with van der Waals surface area (Å²) in [4.78, 5) is 27.1. The Morgan fingerprint density at radius 3 is 3.10 bits per heavy atom. The van der Waals surface area contributed by atoms with Gasteiger partial charge >= 0.3 is 5.97 Å². The van der Waals surface area contributed by atoms with Gasteiger partial charge in [0.1, 0.15) is 0 Å². The number of nitrogens with one attached hydrogen (secondary N) is 1. The lowest BCUT2D eigenvalue weighted by Crippen LogP contribution is -2.27. The highest BCUT2D eigenvalue weighted by Gasteiger charge is 2.10. The Balaban J connectivity index is 1.94. The van der Waals surface area contributed by atoms with Crippen LogP contribution in [0.1, 0.15) is 19.0 Å². The molecule has 0 aliphatic carbocycles. The maximum atomic E-state index is 11.7. The smallest absolute Gasteiger partial charge is 0.303 e. The fourth-order valence-electron chi connectivity index (χ4n) is 1.78. The Morgan fingerprint density at radius 1 is 1.62 bits per heavy atom. The van der Waals surface area contributed by atoms with Crippen LogP contribution < -0.4 is 5.32 Å². The molecule has 21 heavy (non-hydrogen) atoms. The summed E-state index contributed by atoms with van der Waals surface area (Å²) >= 11 is 7.46. The molecule has 2 aromatic heterocycles. The van der Waals surface area contributed by atoms with E-state index in [0.29, 0.717) is 17.4 Å². The molecule has 0 radical (unpaired) electrons. The van der Waals surface area contributed by atoms with Crippen LogP contribution in [0.4, 0.5) is 0 Å². The molecule has 1 unspecified atom stereocenters. The molecule has 112 valence electrons. The molecule has 2 N–H and O–H groups in total. The third-order valence-corrected chi connectivity index (χ3v) is 3.83.